The van der Waals surface area contributed by atoms with Gasteiger partial charge in [0.2, 0.25) is 0 Å². The van der Waals surface area contributed by atoms with Gasteiger partial charge in [-0.1, -0.05) is 322 Å². The van der Waals surface area contributed by atoms with E-state index in [0.717, 1.165) is 122 Å². The molecule has 0 rings (SSSR count). The molecule has 0 aromatic carbocycles. The van der Waals surface area contributed by atoms with E-state index in [0.29, 0.717) is 19.3 Å². The number of carbonyl (C=O) groups excluding carboxylic acids is 3. The summed E-state index contributed by atoms with van der Waals surface area (Å²) in [5, 5.41) is 0. The average Bonchev–Trinajstić information content (AvgIpc) is 3.49. The van der Waals surface area contributed by atoms with Crippen LogP contribution in [0.2, 0.25) is 0 Å². The maximum atomic E-state index is 13.0. The normalized spacial score (nSPS) is 12.9. The lowest BCUT2D eigenvalue weighted by molar-refractivity contribution is -0.167. The molecule has 0 aliphatic rings. The zero-order valence-corrected chi connectivity index (χ0v) is 54.4. The number of allylic oxidation sites excluding steroid dienone is 20. The summed E-state index contributed by atoms with van der Waals surface area (Å²) in [7, 11) is 0. The van der Waals surface area contributed by atoms with Crippen molar-refractivity contribution in [3.8, 4) is 0 Å². The molecule has 0 aliphatic heterocycles. The Labute approximate surface area is 513 Å². The summed E-state index contributed by atoms with van der Waals surface area (Å²) in [4.78, 5) is 38.4. The number of esters is 3. The highest BCUT2D eigenvalue weighted by atomic mass is 16.6. The highest BCUT2D eigenvalue weighted by Crippen LogP contribution is 2.17. The molecule has 0 N–H and O–H groups in total. The van der Waals surface area contributed by atoms with Crippen LogP contribution in [0.1, 0.15) is 329 Å². The molecule has 0 amide bonds. The van der Waals surface area contributed by atoms with E-state index in [4.69, 9.17) is 14.2 Å². The van der Waals surface area contributed by atoms with Gasteiger partial charge >= 0.3 is 17.9 Å². The Bertz CT molecular complexity index is 1700. The van der Waals surface area contributed by atoms with Crippen LogP contribution in [-0.2, 0) is 28.6 Å². The highest BCUT2D eigenvalue weighted by Gasteiger charge is 2.19. The fraction of sp³-hybridized carbons (Fsp3) is 0.701. The molecule has 0 aromatic rings. The predicted octanol–water partition coefficient (Wildman–Crippen LogP) is 24.3. The first-order valence-corrected chi connectivity index (χ1v) is 35.0. The first kappa shape index (κ1) is 78.8. The van der Waals surface area contributed by atoms with Crippen molar-refractivity contribution in [1.29, 1.82) is 0 Å². The third-order valence-electron chi connectivity index (χ3n) is 15.0. The van der Waals surface area contributed by atoms with Crippen LogP contribution < -0.4 is 0 Å². The lowest BCUT2D eigenvalue weighted by Gasteiger charge is -2.18. The standard InChI is InChI=1S/C77H130O6/c1-4-7-10-13-16-19-22-25-27-29-31-33-35-36-37-38-39-40-42-43-45-47-49-52-55-58-61-64-67-70-76(79)82-73-74(72-81-75(78)69-66-63-60-57-54-51-24-21-18-15-12-9-6-3)83-77(80)71-68-65-62-59-56-53-50-48-46-44-41-34-32-30-28-26-23-20-17-14-11-8-5-2/h7-8,10-11,16-17,19-20,25-28,31-34,36-37,39-40,74H,4-6,9,12-15,18,21-24,29-30,35,38,41-73H2,1-3H3/b10-7-,11-8-,19-16-,20-17-,27-25-,28-26-,33-31-,34-32-,37-36-,40-39-. The second kappa shape index (κ2) is 70.3. The van der Waals surface area contributed by atoms with Crippen LogP contribution in [0.5, 0.6) is 0 Å². The molecule has 1 atom stereocenters. The van der Waals surface area contributed by atoms with Crippen molar-refractivity contribution in [3.63, 3.8) is 0 Å². The zero-order valence-electron chi connectivity index (χ0n) is 54.4. The third kappa shape index (κ3) is 68.5. The smallest absolute Gasteiger partial charge is 0.306 e. The molecule has 0 saturated carbocycles. The van der Waals surface area contributed by atoms with E-state index in [1.807, 2.05) is 0 Å². The van der Waals surface area contributed by atoms with E-state index in [1.165, 1.54) is 167 Å². The molecule has 1 unspecified atom stereocenters. The van der Waals surface area contributed by atoms with Crippen molar-refractivity contribution in [2.24, 2.45) is 0 Å². The summed E-state index contributed by atoms with van der Waals surface area (Å²) < 4.78 is 17.0. The molecule has 474 valence electrons. The van der Waals surface area contributed by atoms with Crippen molar-refractivity contribution >= 4 is 17.9 Å². The predicted molar refractivity (Wildman–Crippen MR) is 362 cm³/mol. The molecule has 0 bridgehead atoms. The molecule has 6 nitrogen and oxygen atoms in total. The molecular weight excluding hydrogens is 1020 g/mol. The van der Waals surface area contributed by atoms with Crippen LogP contribution in [0.3, 0.4) is 0 Å². The number of unbranched alkanes of at least 4 members (excludes halogenated alkanes) is 32. The van der Waals surface area contributed by atoms with Crippen molar-refractivity contribution in [2.45, 2.75) is 335 Å². The third-order valence-corrected chi connectivity index (χ3v) is 15.0. The topological polar surface area (TPSA) is 78.9 Å². The molecule has 0 spiro atoms. The molecular formula is C77H130O6. The second-order valence-electron chi connectivity index (χ2n) is 23.0. The second-order valence-corrected chi connectivity index (χ2v) is 23.0. The van der Waals surface area contributed by atoms with Gasteiger partial charge in [-0.2, -0.15) is 0 Å². The number of carbonyl (C=O) groups is 3. The van der Waals surface area contributed by atoms with Crippen LogP contribution >= 0.6 is 0 Å². The fourth-order valence-corrected chi connectivity index (χ4v) is 9.79. The van der Waals surface area contributed by atoms with Crippen molar-refractivity contribution in [3.05, 3.63) is 122 Å². The molecule has 0 saturated heterocycles. The van der Waals surface area contributed by atoms with Gasteiger partial charge in [-0.3, -0.25) is 14.4 Å². The van der Waals surface area contributed by atoms with Crippen LogP contribution in [0, 0.1) is 0 Å². The number of ether oxygens (including phenoxy) is 3. The Morgan fingerprint density at radius 2 is 0.470 bits per heavy atom. The molecule has 0 heterocycles. The largest absolute Gasteiger partial charge is 0.462 e. The van der Waals surface area contributed by atoms with Gasteiger partial charge in [-0.15, -0.1) is 0 Å². The van der Waals surface area contributed by atoms with Crippen molar-refractivity contribution in [1.82, 2.24) is 0 Å². The minimum atomic E-state index is -0.785. The van der Waals surface area contributed by atoms with Crippen LogP contribution in [0.4, 0.5) is 0 Å². The lowest BCUT2D eigenvalue weighted by Crippen LogP contribution is -2.30. The van der Waals surface area contributed by atoms with Gasteiger partial charge in [0.25, 0.3) is 0 Å². The Morgan fingerprint density at radius 3 is 0.735 bits per heavy atom. The van der Waals surface area contributed by atoms with E-state index in [-0.39, 0.29) is 31.1 Å². The van der Waals surface area contributed by atoms with E-state index in [2.05, 4.69) is 142 Å². The number of hydrogen-bond acceptors (Lipinski definition) is 6. The SMILES string of the molecule is CC/C=C\C/C=C\C/C=C\C/C=C\C/C=C\C/C=C\CCCCCCCCCCCCC(=O)OCC(COC(=O)CCCCCCCCCCCCCCC)OC(=O)CCCCCCCCCCCC/C=C\C/C=C\C/C=C\C/C=C\CC. The van der Waals surface area contributed by atoms with E-state index < -0.39 is 6.10 Å². The minimum Gasteiger partial charge on any atom is -0.462 e. The molecule has 0 aromatic heterocycles. The molecule has 0 aliphatic carbocycles. The van der Waals surface area contributed by atoms with Crippen LogP contribution in [0.15, 0.2) is 122 Å². The highest BCUT2D eigenvalue weighted by molar-refractivity contribution is 5.71. The van der Waals surface area contributed by atoms with Gasteiger partial charge in [0.1, 0.15) is 13.2 Å². The summed E-state index contributed by atoms with van der Waals surface area (Å²) in [6, 6.07) is 0. The molecule has 0 radical (unpaired) electrons. The maximum Gasteiger partial charge on any atom is 0.306 e. The van der Waals surface area contributed by atoms with Crippen molar-refractivity contribution < 1.29 is 28.6 Å². The number of rotatable bonds is 63. The Hall–Kier alpha value is -4.19. The van der Waals surface area contributed by atoms with E-state index >= 15 is 0 Å². The van der Waals surface area contributed by atoms with Gasteiger partial charge in [-0.05, 0) is 109 Å². The zero-order chi connectivity index (χ0) is 59.9. The first-order valence-electron chi connectivity index (χ1n) is 35.0. The monoisotopic (exact) mass is 1150 g/mol. The Balaban J connectivity index is 4.31. The maximum absolute atomic E-state index is 13.0. The summed E-state index contributed by atoms with van der Waals surface area (Å²) in [5.41, 5.74) is 0. The van der Waals surface area contributed by atoms with Gasteiger partial charge in [0.05, 0.1) is 0 Å². The summed E-state index contributed by atoms with van der Waals surface area (Å²) >= 11 is 0. The summed E-state index contributed by atoms with van der Waals surface area (Å²) in [6.45, 7) is 6.44. The summed E-state index contributed by atoms with van der Waals surface area (Å²) in [6.07, 6.45) is 97.8. The van der Waals surface area contributed by atoms with Crippen molar-refractivity contribution in [2.75, 3.05) is 13.2 Å². The fourth-order valence-electron chi connectivity index (χ4n) is 9.79. The van der Waals surface area contributed by atoms with Gasteiger partial charge in [0, 0.05) is 19.3 Å². The van der Waals surface area contributed by atoms with E-state index in [9.17, 15) is 14.4 Å². The van der Waals surface area contributed by atoms with Crippen LogP contribution in [0.25, 0.3) is 0 Å². The van der Waals surface area contributed by atoms with E-state index in [1.54, 1.807) is 0 Å². The Morgan fingerprint density at radius 1 is 0.253 bits per heavy atom. The molecule has 83 heavy (non-hydrogen) atoms. The lowest BCUT2D eigenvalue weighted by atomic mass is 10.0. The Kier molecular flexibility index (Phi) is 66.7. The first-order chi connectivity index (χ1) is 41.0. The summed E-state index contributed by atoms with van der Waals surface area (Å²) in [5.74, 6) is -0.876. The quantitative estimate of drug-likeness (QED) is 0.0261. The average molecular weight is 1150 g/mol. The number of hydrogen-bond donors (Lipinski definition) is 0. The van der Waals surface area contributed by atoms with Gasteiger partial charge in [0.15, 0.2) is 6.10 Å². The van der Waals surface area contributed by atoms with Gasteiger partial charge < -0.3 is 14.2 Å². The van der Waals surface area contributed by atoms with Crippen LogP contribution in [-0.4, -0.2) is 37.2 Å². The molecule has 0 fully saturated rings. The minimum absolute atomic E-state index is 0.0792. The molecule has 6 heteroatoms. The van der Waals surface area contributed by atoms with Gasteiger partial charge in [-0.25, -0.2) is 0 Å².